The van der Waals surface area contributed by atoms with Crippen LogP contribution in [0, 0.1) is 0 Å². The Hall–Kier alpha value is -2.19. The second-order valence-electron chi connectivity index (χ2n) is 10.6. The predicted molar refractivity (Wildman–Crippen MR) is 185 cm³/mol. The van der Waals surface area contributed by atoms with Crippen molar-refractivity contribution < 1.29 is 4.79 Å². The monoisotopic (exact) mass is 655 g/mol. The van der Waals surface area contributed by atoms with Gasteiger partial charge in [-0.3, -0.25) is 9.69 Å². The molecule has 1 aliphatic heterocycles. The predicted octanol–water partition coefficient (Wildman–Crippen LogP) is 7.07. The fraction of sp³-hybridized carbons (Fsp3) is 0.406. The van der Waals surface area contributed by atoms with Gasteiger partial charge >= 0.3 is 0 Å². The molecule has 232 valence electrons. The van der Waals surface area contributed by atoms with Crippen molar-refractivity contribution in [2.24, 2.45) is 0 Å². The van der Waals surface area contributed by atoms with Gasteiger partial charge in [0.05, 0.1) is 11.4 Å². The van der Waals surface area contributed by atoms with Gasteiger partial charge in [-0.05, 0) is 47.7 Å². The zero-order valence-corrected chi connectivity index (χ0v) is 27.2. The summed E-state index contributed by atoms with van der Waals surface area (Å²) in [7, 11) is 0. The third-order valence-corrected chi connectivity index (χ3v) is 7.66. The molecule has 0 radical (unpaired) electrons. The quantitative estimate of drug-likeness (QED) is 0.188. The molecule has 3 aromatic rings. The molecular formula is C32H45Cl4N5O. The molecule has 42 heavy (non-hydrogen) atoms. The van der Waals surface area contributed by atoms with Crippen LogP contribution in [0.15, 0.2) is 72.8 Å². The Morgan fingerprint density at radius 3 is 2.07 bits per heavy atom. The van der Waals surface area contributed by atoms with Gasteiger partial charge in [0.15, 0.2) is 0 Å². The van der Waals surface area contributed by atoms with E-state index in [0.717, 1.165) is 49.7 Å². The number of carbonyl (C=O) groups excluding carboxylic acids is 1. The van der Waals surface area contributed by atoms with E-state index in [1.165, 1.54) is 43.2 Å². The van der Waals surface area contributed by atoms with E-state index in [4.69, 9.17) is 0 Å². The zero-order chi connectivity index (χ0) is 26.0. The van der Waals surface area contributed by atoms with Crippen molar-refractivity contribution in [1.82, 2.24) is 15.5 Å². The molecule has 5 rings (SSSR count). The molecular weight excluding hydrogens is 612 g/mol. The van der Waals surface area contributed by atoms with Gasteiger partial charge in [-0.15, -0.1) is 49.6 Å². The maximum Gasteiger partial charge on any atom is 0.251 e. The summed E-state index contributed by atoms with van der Waals surface area (Å²) >= 11 is 0. The summed E-state index contributed by atoms with van der Waals surface area (Å²) in [6.45, 7) is 6.52. The molecule has 10 heteroatoms. The van der Waals surface area contributed by atoms with Crippen LogP contribution >= 0.6 is 49.6 Å². The number of carbonyl (C=O) groups is 1. The molecule has 3 aromatic carbocycles. The average Bonchev–Trinajstić information content (AvgIpc) is 2.98. The molecule has 0 bridgehead atoms. The summed E-state index contributed by atoms with van der Waals surface area (Å²) in [4.78, 5) is 15.6. The number of hydrogen-bond acceptors (Lipinski definition) is 5. The molecule has 4 N–H and O–H groups in total. The fourth-order valence-electron chi connectivity index (χ4n) is 5.39. The number of amides is 1. The number of rotatable bonds is 10. The van der Waals surface area contributed by atoms with Crippen molar-refractivity contribution in [1.29, 1.82) is 0 Å². The highest BCUT2D eigenvalue weighted by atomic mass is 35.5. The highest BCUT2D eigenvalue weighted by molar-refractivity contribution is 5.96. The Bertz CT molecular complexity index is 1170. The molecule has 0 aromatic heterocycles. The maximum atomic E-state index is 13.1. The standard InChI is InChI=1S/C32H41N5O.4ClH/c38-32(35-23-26-11-13-27(14-12-26)24-37-19-17-33-18-20-37)28-15-16-30(36-29-9-5-2-6-10-29)31(21-28)34-22-25-7-3-1-4-8-25;;;;/h1,3-4,7-8,11-16,21,29,33-34,36H,2,5-6,9-10,17-20,22-24H2,(H,35,38);4*1H. The molecule has 6 nitrogen and oxygen atoms in total. The van der Waals surface area contributed by atoms with Crippen LogP contribution in [-0.2, 0) is 19.6 Å². The topological polar surface area (TPSA) is 68.4 Å². The Kier molecular flexibility index (Phi) is 17.9. The van der Waals surface area contributed by atoms with E-state index >= 15 is 0 Å². The van der Waals surface area contributed by atoms with Crippen LogP contribution in [0.25, 0.3) is 0 Å². The Balaban J connectivity index is 0.00000220. The van der Waals surface area contributed by atoms with Crippen molar-refractivity contribution in [2.75, 3.05) is 36.8 Å². The third kappa shape index (κ3) is 11.5. The summed E-state index contributed by atoms with van der Waals surface area (Å²) in [5, 5.41) is 13.8. The number of anilines is 2. The lowest BCUT2D eigenvalue weighted by molar-refractivity contribution is 0.0951. The van der Waals surface area contributed by atoms with Gasteiger partial charge in [0, 0.05) is 57.4 Å². The minimum Gasteiger partial charge on any atom is -0.381 e. The van der Waals surface area contributed by atoms with E-state index in [0.29, 0.717) is 24.7 Å². The van der Waals surface area contributed by atoms with Crippen LogP contribution in [0.4, 0.5) is 11.4 Å². The van der Waals surface area contributed by atoms with E-state index in [1.807, 2.05) is 18.2 Å². The summed E-state index contributed by atoms with van der Waals surface area (Å²) < 4.78 is 0. The van der Waals surface area contributed by atoms with Crippen LogP contribution < -0.4 is 21.3 Å². The first-order valence-corrected chi connectivity index (χ1v) is 14.2. The number of nitrogens with one attached hydrogen (secondary N) is 4. The van der Waals surface area contributed by atoms with Gasteiger partial charge < -0.3 is 21.3 Å². The molecule has 2 fully saturated rings. The highest BCUT2D eigenvalue weighted by Crippen LogP contribution is 2.28. The SMILES string of the molecule is Cl.Cl.Cl.Cl.O=C(NCc1ccc(CN2CCNCC2)cc1)c1ccc(NC2CCCCC2)c(NCc2ccccc2)c1. The van der Waals surface area contributed by atoms with Crippen molar-refractivity contribution in [3.05, 3.63) is 95.1 Å². The largest absolute Gasteiger partial charge is 0.381 e. The van der Waals surface area contributed by atoms with E-state index in [1.54, 1.807) is 0 Å². The van der Waals surface area contributed by atoms with Crippen molar-refractivity contribution in [3.63, 3.8) is 0 Å². The van der Waals surface area contributed by atoms with E-state index in [9.17, 15) is 4.79 Å². The summed E-state index contributed by atoms with van der Waals surface area (Å²) in [5.74, 6) is -0.0538. The van der Waals surface area contributed by atoms with E-state index in [-0.39, 0.29) is 55.5 Å². The Labute approximate surface area is 275 Å². The Morgan fingerprint density at radius 2 is 1.38 bits per heavy atom. The lowest BCUT2D eigenvalue weighted by Crippen LogP contribution is -2.42. The average molecular weight is 658 g/mol. The summed E-state index contributed by atoms with van der Waals surface area (Å²) in [6, 6.07) is 25.5. The minimum atomic E-state index is -0.0538. The maximum absolute atomic E-state index is 13.1. The van der Waals surface area contributed by atoms with Crippen LogP contribution in [0.3, 0.4) is 0 Å². The second-order valence-corrected chi connectivity index (χ2v) is 10.6. The molecule has 0 unspecified atom stereocenters. The molecule has 2 aliphatic rings. The van der Waals surface area contributed by atoms with Gasteiger partial charge in [-0.25, -0.2) is 0 Å². The summed E-state index contributed by atoms with van der Waals surface area (Å²) in [6.07, 6.45) is 6.29. The summed E-state index contributed by atoms with van der Waals surface area (Å²) in [5.41, 5.74) is 6.36. The molecule has 1 heterocycles. The molecule has 0 atom stereocenters. The van der Waals surface area contributed by atoms with Gasteiger partial charge in [0.2, 0.25) is 0 Å². The van der Waals surface area contributed by atoms with Gasteiger partial charge in [0.1, 0.15) is 0 Å². The first kappa shape index (κ1) is 37.8. The number of piperazine rings is 1. The van der Waals surface area contributed by atoms with Crippen LogP contribution in [0.1, 0.15) is 59.2 Å². The molecule has 1 aliphatic carbocycles. The Morgan fingerprint density at radius 1 is 0.738 bits per heavy atom. The third-order valence-electron chi connectivity index (χ3n) is 7.66. The van der Waals surface area contributed by atoms with E-state index in [2.05, 4.69) is 80.8 Å². The van der Waals surface area contributed by atoms with Crippen molar-refractivity contribution in [2.45, 2.75) is 57.8 Å². The highest BCUT2D eigenvalue weighted by Gasteiger charge is 2.16. The van der Waals surface area contributed by atoms with Crippen molar-refractivity contribution in [3.8, 4) is 0 Å². The van der Waals surface area contributed by atoms with E-state index < -0.39 is 0 Å². The van der Waals surface area contributed by atoms with Crippen LogP contribution in [-0.4, -0.2) is 43.0 Å². The van der Waals surface area contributed by atoms with Gasteiger partial charge in [0.25, 0.3) is 5.91 Å². The fourth-order valence-corrected chi connectivity index (χ4v) is 5.39. The number of halogens is 4. The first-order valence-electron chi connectivity index (χ1n) is 14.2. The molecule has 1 saturated heterocycles. The minimum absolute atomic E-state index is 0. The normalized spacial score (nSPS) is 15.0. The van der Waals surface area contributed by atoms with Crippen LogP contribution in [0.2, 0.25) is 0 Å². The molecule has 1 saturated carbocycles. The number of benzene rings is 3. The van der Waals surface area contributed by atoms with Crippen LogP contribution in [0.5, 0.6) is 0 Å². The zero-order valence-electron chi connectivity index (χ0n) is 24.0. The van der Waals surface area contributed by atoms with Gasteiger partial charge in [-0.2, -0.15) is 0 Å². The first-order chi connectivity index (χ1) is 18.7. The molecule has 1 amide bonds. The van der Waals surface area contributed by atoms with Crippen molar-refractivity contribution >= 4 is 66.9 Å². The number of hydrogen-bond donors (Lipinski definition) is 4. The van der Waals surface area contributed by atoms with Gasteiger partial charge in [-0.1, -0.05) is 73.9 Å². The lowest BCUT2D eigenvalue weighted by Gasteiger charge is -2.27. The lowest BCUT2D eigenvalue weighted by atomic mass is 9.95. The second kappa shape index (κ2) is 19.9. The smallest absolute Gasteiger partial charge is 0.251 e. The number of nitrogens with zero attached hydrogens (tertiary/aromatic N) is 1. The molecule has 0 spiro atoms.